The van der Waals surface area contributed by atoms with Crippen LogP contribution in [0.4, 0.5) is 0 Å². The second kappa shape index (κ2) is 7.97. The van der Waals surface area contributed by atoms with Gasteiger partial charge >= 0.3 is 0 Å². The smallest absolute Gasteiger partial charge is 0.258 e. The zero-order chi connectivity index (χ0) is 20.4. The zero-order valence-corrected chi connectivity index (χ0v) is 16.1. The maximum Gasteiger partial charge on any atom is 0.258 e. The van der Waals surface area contributed by atoms with Crippen molar-refractivity contribution in [2.24, 2.45) is 0 Å². The minimum absolute atomic E-state index is 0.0658. The van der Waals surface area contributed by atoms with Gasteiger partial charge in [0, 0.05) is 37.4 Å². The van der Waals surface area contributed by atoms with Crippen LogP contribution < -0.4 is 15.6 Å². The first-order valence-electron chi connectivity index (χ1n) is 9.54. The van der Waals surface area contributed by atoms with E-state index in [0.717, 1.165) is 24.4 Å². The Morgan fingerprint density at radius 1 is 1.10 bits per heavy atom. The molecule has 1 aromatic heterocycles. The number of methoxy groups -OCH3 is 1. The normalized spacial score (nSPS) is 19.8. The minimum atomic E-state index is -0.433. The van der Waals surface area contributed by atoms with Gasteiger partial charge in [-0.1, -0.05) is 18.2 Å². The van der Waals surface area contributed by atoms with Crippen molar-refractivity contribution in [3.63, 3.8) is 0 Å². The van der Waals surface area contributed by atoms with Gasteiger partial charge in [-0.15, -0.1) is 0 Å². The molecule has 4 rings (SSSR count). The molecule has 0 saturated carbocycles. The zero-order valence-electron chi connectivity index (χ0n) is 16.1. The molecule has 7 heteroatoms. The summed E-state index contributed by atoms with van der Waals surface area (Å²) in [5.74, 6) is 1.34. The van der Waals surface area contributed by atoms with Crippen LogP contribution in [0.25, 0.3) is 10.9 Å². The summed E-state index contributed by atoms with van der Waals surface area (Å²) in [6, 6.07) is 13.4. The molecule has 3 aromatic rings. The quantitative estimate of drug-likeness (QED) is 0.485. The van der Waals surface area contributed by atoms with Gasteiger partial charge in [0.1, 0.15) is 11.6 Å². The topological polar surface area (TPSA) is 115 Å². The summed E-state index contributed by atoms with van der Waals surface area (Å²) < 4.78 is 5.25. The standard InChI is InChI=1S/C22H23N5O2/c1-29-16-5-2-13(3-6-16)18-11-25-12-19(18)21-26-20-7-4-14(15(9-23)10-24)8-17(20)22(28)27-21/h2-10,15,18-19,23-25H,11-12H2,1H3,(H,26,27,28). The van der Waals surface area contributed by atoms with E-state index in [1.165, 1.54) is 18.0 Å². The molecular weight excluding hydrogens is 366 g/mol. The summed E-state index contributed by atoms with van der Waals surface area (Å²) in [5.41, 5.74) is 2.35. The van der Waals surface area contributed by atoms with Gasteiger partial charge in [0.2, 0.25) is 0 Å². The van der Waals surface area contributed by atoms with Crippen LogP contribution in [-0.2, 0) is 0 Å². The van der Waals surface area contributed by atoms with E-state index in [2.05, 4.69) is 22.4 Å². The van der Waals surface area contributed by atoms with Gasteiger partial charge in [0.25, 0.3) is 5.56 Å². The second-order valence-electron chi connectivity index (χ2n) is 7.23. The maximum atomic E-state index is 12.8. The molecule has 1 aliphatic rings. The number of nitrogens with zero attached hydrogens (tertiary/aromatic N) is 1. The Bertz CT molecular complexity index is 1100. The molecule has 2 aromatic carbocycles. The lowest BCUT2D eigenvalue weighted by Gasteiger charge is -2.19. The van der Waals surface area contributed by atoms with Crippen molar-refractivity contribution < 1.29 is 4.74 Å². The summed E-state index contributed by atoms with van der Waals surface area (Å²) in [4.78, 5) is 20.5. The number of hydrogen-bond acceptors (Lipinski definition) is 6. The first-order valence-corrected chi connectivity index (χ1v) is 9.54. The highest BCUT2D eigenvalue weighted by atomic mass is 16.5. The highest BCUT2D eigenvalue weighted by molar-refractivity contribution is 5.89. The van der Waals surface area contributed by atoms with E-state index in [0.29, 0.717) is 16.7 Å². The lowest BCUT2D eigenvalue weighted by atomic mass is 9.88. The Kier molecular flexibility index (Phi) is 5.22. The molecule has 4 N–H and O–H groups in total. The fourth-order valence-corrected chi connectivity index (χ4v) is 3.97. The number of ether oxygens (including phenoxy) is 1. The largest absolute Gasteiger partial charge is 0.497 e. The van der Waals surface area contributed by atoms with Gasteiger partial charge in [-0.25, -0.2) is 4.98 Å². The number of aromatic amines is 1. The third-order valence-corrected chi connectivity index (χ3v) is 5.60. The fourth-order valence-electron chi connectivity index (χ4n) is 3.97. The third kappa shape index (κ3) is 3.56. The number of benzene rings is 2. The summed E-state index contributed by atoms with van der Waals surface area (Å²) in [5, 5.41) is 18.8. The number of nitrogens with one attached hydrogen (secondary N) is 4. The molecule has 148 valence electrons. The van der Waals surface area contributed by atoms with E-state index >= 15 is 0 Å². The predicted molar refractivity (Wildman–Crippen MR) is 114 cm³/mol. The third-order valence-electron chi connectivity index (χ3n) is 5.60. The number of H-pyrrole nitrogens is 1. The monoisotopic (exact) mass is 389 g/mol. The van der Waals surface area contributed by atoms with E-state index in [1.807, 2.05) is 18.2 Å². The molecule has 0 bridgehead atoms. The van der Waals surface area contributed by atoms with Crippen molar-refractivity contribution >= 4 is 23.3 Å². The van der Waals surface area contributed by atoms with Crippen LogP contribution in [0.5, 0.6) is 5.75 Å². The number of aromatic nitrogens is 2. The second-order valence-corrected chi connectivity index (χ2v) is 7.23. The summed E-state index contributed by atoms with van der Waals surface area (Å²) in [6.45, 7) is 1.56. The minimum Gasteiger partial charge on any atom is -0.497 e. The molecule has 0 spiro atoms. The van der Waals surface area contributed by atoms with Gasteiger partial charge < -0.3 is 25.9 Å². The number of fused-ring (bicyclic) bond motifs is 1. The Morgan fingerprint density at radius 3 is 2.52 bits per heavy atom. The Hall–Kier alpha value is -3.32. The van der Waals surface area contributed by atoms with Crippen LogP contribution >= 0.6 is 0 Å². The average Bonchev–Trinajstić information content (AvgIpc) is 3.25. The van der Waals surface area contributed by atoms with Crippen LogP contribution in [0.1, 0.15) is 34.7 Å². The van der Waals surface area contributed by atoms with Crippen molar-refractivity contribution in [3.05, 3.63) is 69.8 Å². The number of hydrogen-bond donors (Lipinski definition) is 4. The first-order chi connectivity index (χ1) is 14.1. The molecule has 0 radical (unpaired) electrons. The van der Waals surface area contributed by atoms with Crippen LogP contribution in [0.2, 0.25) is 0 Å². The van der Waals surface area contributed by atoms with Crippen molar-refractivity contribution in [1.29, 1.82) is 10.8 Å². The van der Waals surface area contributed by atoms with E-state index < -0.39 is 5.92 Å². The molecule has 1 saturated heterocycles. The summed E-state index contributed by atoms with van der Waals surface area (Å²) >= 11 is 0. The van der Waals surface area contributed by atoms with E-state index in [1.54, 1.807) is 19.2 Å². The molecule has 2 heterocycles. The Balaban J connectivity index is 1.71. The van der Waals surface area contributed by atoms with Gasteiger partial charge in [0.05, 0.1) is 23.9 Å². The molecule has 0 amide bonds. The van der Waals surface area contributed by atoms with Crippen LogP contribution in [0.15, 0.2) is 47.3 Å². The fraction of sp³-hybridized carbons (Fsp3) is 0.273. The van der Waals surface area contributed by atoms with Gasteiger partial charge in [-0.2, -0.15) is 0 Å². The predicted octanol–water partition coefficient (Wildman–Crippen LogP) is 2.79. The number of rotatable bonds is 6. The van der Waals surface area contributed by atoms with E-state index in [4.69, 9.17) is 20.5 Å². The van der Waals surface area contributed by atoms with E-state index in [9.17, 15) is 4.79 Å². The lowest BCUT2D eigenvalue weighted by Crippen LogP contribution is -2.19. The SMILES string of the molecule is COc1ccc(C2CNCC2c2nc3ccc(C(C=N)C=N)cc3c(=O)[nH]2)cc1. The van der Waals surface area contributed by atoms with Crippen molar-refractivity contribution in [2.75, 3.05) is 20.2 Å². The lowest BCUT2D eigenvalue weighted by molar-refractivity contribution is 0.414. The van der Waals surface area contributed by atoms with Crippen molar-refractivity contribution in [3.8, 4) is 5.75 Å². The summed E-state index contributed by atoms with van der Waals surface area (Å²) in [7, 11) is 1.65. The molecule has 2 unspecified atom stereocenters. The average molecular weight is 389 g/mol. The first kappa shape index (κ1) is 19.0. The highest BCUT2D eigenvalue weighted by Crippen LogP contribution is 2.35. The Morgan fingerprint density at radius 2 is 1.83 bits per heavy atom. The van der Waals surface area contributed by atoms with Crippen molar-refractivity contribution in [2.45, 2.75) is 17.8 Å². The van der Waals surface area contributed by atoms with E-state index in [-0.39, 0.29) is 17.4 Å². The highest BCUT2D eigenvalue weighted by Gasteiger charge is 2.32. The molecule has 29 heavy (non-hydrogen) atoms. The van der Waals surface area contributed by atoms with Crippen LogP contribution in [0, 0.1) is 10.8 Å². The molecule has 1 aliphatic heterocycles. The van der Waals surface area contributed by atoms with Gasteiger partial charge in [0.15, 0.2) is 0 Å². The molecule has 7 nitrogen and oxygen atoms in total. The summed E-state index contributed by atoms with van der Waals surface area (Å²) in [6.07, 6.45) is 2.38. The molecule has 0 aliphatic carbocycles. The van der Waals surface area contributed by atoms with Gasteiger partial charge in [-0.05, 0) is 35.4 Å². The van der Waals surface area contributed by atoms with Crippen molar-refractivity contribution in [1.82, 2.24) is 15.3 Å². The molecular formula is C22H23N5O2. The molecule has 1 fully saturated rings. The Labute approximate surface area is 168 Å². The maximum absolute atomic E-state index is 12.8. The van der Waals surface area contributed by atoms with Crippen LogP contribution in [-0.4, -0.2) is 42.6 Å². The molecule has 2 atom stereocenters. The van der Waals surface area contributed by atoms with Crippen LogP contribution in [0.3, 0.4) is 0 Å². The van der Waals surface area contributed by atoms with Gasteiger partial charge in [-0.3, -0.25) is 4.79 Å².